The van der Waals surface area contributed by atoms with E-state index in [0.717, 1.165) is 11.3 Å². The van der Waals surface area contributed by atoms with E-state index in [1.54, 1.807) is 24.4 Å². The highest BCUT2D eigenvalue weighted by atomic mass is 16.1. The van der Waals surface area contributed by atoms with Crippen LogP contribution >= 0.6 is 0 Å². The van der Waals surface area contributed by atoms with Crippen molar-refractivity contribution in [1.82, 2.24) is 15.3 Å². The summed E-state index contributed by atoms with van der Waals surface area (Å²) in [5, 5.41) is 2.77. The van der Waals surface area contributed by atoms with E-state index in [1.807, 2.05) is 19.1 Å². The molecule has 0 aliphatic carbocycles. The van der Waals surface area contributed by atoms with E-state index in [-0.39, 0.29) is 5.91 Å². The zero-order chi connectivity index (χ0) is 13.7. The van der Waals surface area contributed by atoms with Crippen LogP contribution in [-0.2, 0) is 6.54 Å². The lowest BCUT2D eigenvalue weighted by molar-refractivity contribution is 0.0945. The fourth-order valence-corrected chi connectivity index (χ4v) is 1.60. The first-order valence-corrected chi connectivity index (χ1v) is 5.83. The molecule has 0 bridgehead atoms. The molecule has 0 aromatic carbocycles. The number of aromatic nitrogens is 2. The second-order valence-electron chi connectivity index (χ2n) is 4.00. The number of nitrogen functional groups attached to an aromatic ring is 1. The molecule has 1 amide bonds. The average Bonchev–Trinajstić information content (AvgIpc) is 2.46. The molecule has 6 heteroatoms. The number of nitrogens with one attached hydrogen (secondary N) is 2. The van der Waals surface area contributed by atoms with Gasteiger partial charge in [-0.2, -0.15) is 0 Å². The van der Waals surface area contributed by atoms with Crippen molar-refractivity contribution in [2.75, 3.05) is 5.43 Å². The van der Waals surface area contributed by atoms with Crippen LogP contribution in [0.2, 0.25) is 0 Å². The number of carbonyl (C=O) groups is 1. The maximum Gasteiger partial charge on any atom is 0.270 e. The maximum absolute atomic E-state index is 11.9. The summed E-state index contributed by atoms with van der Waals surface area (Å²) in [5.41, 5.74) is 4.58. The molecule has 19 heavy (non-hydrogen) atoms. The van der Waals surface area contributed by atoms with Crippen molar-refractivity contribution in [2.45, 2.75) is 13.5 Å². The molecule has 98 valence electrons. The number of hydrazine groups is 1. The first-order chi connectivity index (χ1) is 9.20. The Balaban J connectivity index is 2.03. The minimum atomic E-state index is -0.262. The minimum Gasteiger partial charge on any atom is -0.345 e. The van der Waals surface area contributed by atoms with Crippen molar-refractivity contribution in [3.63, 3.8) is 0 Å². The van der Waals surface area contributed by atoms with Crippen LogP contribution < -0.4 is 16.6 Å². The van der Waals surface area contributed by atoms with Crippen molar-refractivity contribution in [3.05, 3.63) is 53.5 Å². The van der Waals surface area contributed by atoms with E-state index in [4.69, 9.17) is 5.84 Å². The third-order valence-corrected chi connectivity index (χ3v) is 2.66. The summed E-state index contributed by atoms with van der Waals surface area (Å²) >= 11 is 0. The number of rotatable bonds is 4. The molecular weight excluding hydrogens is 242 g/mol. The van der Waals surface area contributed by atoms with E-state index < -0.39 is 0 Å². The number of hydrogen-bond donors (Lipinski definition) is 3. The van der Waals surface area contributed by atoms with E-state index in [9.17, 15) is 4.79 Å². The van der Waals surface area contributed by atoms with Gasteiger partial charge >= 0.3 is 0 Å². The number of amides is 1. The molecule has 0 saturated carbocycles. The van der Waals surface area contributed by atoms with Gasteiger partial charge in [-0.3, -0.25) is 9.78 Å². The third-order valence-electron chi connectivity index (χ3n) is 2.66. The van der Waals surface area contributed by atoms with Crippen LogP contribution in [0.5, 0.6) is 0 Å². The van der Waals surface area contributed by atoms with Gasteiger partial charge in [-0.05, 0) is 30.7 Å². The molecule has 4 N–H and O–H groups in total. The zero-order valence-corrected chi connectivity index (χ0v) is 10.6. The fraction of sp³-hybridized carbons (Fsp3) is 0.154. The fourth-order valence-electron chi connectivity index (χ4n) is 1.60. The second-order valence-corrected chi connectivity index (χ2v) is 4.00. The molecule has 2 rings (SSSR count). The molecule has 0 aliphatic heterocycles. The van der Waals surface area contributed by atoms with Gasteiger partial charge in [0.1, 0.15) is 11.5 Å². The Hall–Kier alpha value is -2.47. The van der Waals surface area contributed by atoms with E-state index in [1.165, 1.54) is 0 Å². The molecule has 0 radical (unpaired) electrons. The molecule has 2 aromatic heterocycles. The SMILES string of the molecule is Cc1cccnc1CNC(=O)c1cccc(NN)n1. The van der Waals surface area contributed by atoms with Crippen molar-refractivity contribution >= 4 is 11.7 Å². The molecule has 0 unspecified atom stereocenters. The Morgan fingerprint density at radius 3 is 2.89 bits per heavy atom. The number of pyridine rings is 2. The van der Waals surface area contributed by atoms with Crippen LogP contribution in [0, 0.1) is 6.92 Å². The Labute approximate surface area is 111 Å². The lowest BCUT2D eigenvalue weighted by Crippen LogP contribution is -2.25. The topological polar surface area (TPSA) is 92.9 Å². The number of aryl methyl sites for hydroxylation is 1. The number of anilines is 1. The van der Waals surface area contributed by atoms with Gasteiger partial charge in [0.25, 0.3) is 5.91 Å². The lowest BCUT2D eigenvalue weighted by Gasteiger charge is -2.07. The van der Waals surface area contributed by atoms with Crippen molar-refractivity contribution in [3.8, 4) is 0 Å². The average molecular weight is 257 g/mol. The van der Waals surface area contributed by atoms with E-state index in [2.05, 4.69) is 20.7 Å². The Kier molecular flexibility index (Phi) is 4.04. The van der Waals surface area contributed by atoms with Gasteiger partial charge < -0.3 is 10.7 Å². The molecule has 0 atom stereocenters. The van der Waals surface area contributed by atoms with Crippen LogP contribution in [-0.4, -0.2) is 15.9 Å². The normalized spacial score (nSPS) is 10.0. The predicted molar refractivity (Wildman–Crippen MR) is 72.2 cm³/mol. The summed E-state index contributed by atoms with van der Waals surface area (Å²) in [6.07, 6.45) is 1.70. The van der Waals surface area contributed by atoms with Gasteiger partial charge in [0.2, 0.25) is 0 Å². The first kappa shape index (κ1) is 13.0. The Morgan fingerprint density at radius 1 is 1.32 bits per heavy atom. The highest BCUT2D eigenvalue weighted by molar-refractivity contribution is 5.92. The van der Waals surface area contributed by atoms with Crippen molar-refractivity contribution in [2.24, 2.45) is 5.84 Å². The zero-order valence-electron chi connectivity index (χ0n) is 10.6. The van der Waals surface area contributed by atoms with Gasteiger partial charge in [0.15, 0.2) is 0 Å². The number of nitrogens with two attached hydrogens (primary N) is 1. The Morgan fingerprint density at radius 2 is 2.16 bits per heavy atom. The number of nitrogens with zero attached hydrogens (tertiary/aromatic N) is 2. The maximum atomic E-state index is 11.9. The van der Waals surface area contributed by atoms with Crippen LogP contribution in [0.3, 0.4) is 0 Å². The summed E-state index contributed by atoms with van der Waals surface area (Å²) in [5.74, 6) is 5.43. The highest BCUT2D eigenvalue weighted by Gasteiger charge is 2.08. The van der Waals surface area contributed by atoms with Crippen molar-refractivity contribution < 1.29 is 4.79 Å². The van der Waals surface area contributed by atoms with Crippen LogP contribution in [0.15, 0.2) is 36.5 Å². The number of hydrogen-bond acceptors (Lipinski definition) is 5. The van der Waals surface area contributed by atoms with E-state index in [0.29, 0.717) is 18.1 Å². The van der Waals surface area contributed by atoms with Crippen LogP contribution in [0.4, 0.5) is 5.82 Å². The molecule has 0 saturated heterocycles. The molecule has 0 aliphatic rings. The summed E-state index contributed by atoms with van der Waals surface area (Å²) in [6.45, 7) is 2.32. The summed E-state index contributed by atoms with van der Waals surface area (Å²) in [7, 11) is 0. The molecule has 6 nitrogen and oxygen atoms in total. The predicted octanol–water partition coefficient (Wildman–Crippen LogP) is 1.00. The molecule has 2 heterocycles. The number of carbonyl (C=O) groups excluding carboxylic acids is 1. The summed E-state index contributed by atoms with van der Waals surface area (Å²) in [4.78, 5) is 20.2. The standard InChI is InChI=1S/C13H15N5O/c1-9-4-3-7-15-11(9)8-16-13(19)10-5-2-6-12(17-10)18-14/h2-7H,8,14H2,1H3,(H,16,19)(H,17,18). The van der Waals surface area contributed by atoms with Gasteiger partial charge in [-0.25, -0.2) is 10.8 Å². The quantitative estimate of drug-likeness (QED) is 0.561. The van der Waals surface area contributed by atoms with Gasteiger partial charge in [0.05, 0.1) is 12.2 Å². The lowest BCUT2D eigenvalue weighted by atomic mass is 10.2. The smallest absolute Gasteiger partial charge is 0.270 e. The van der Waals surface area contributed by atoms with Crippen LogP contribution in [0.25, 0.3) is 0 Å². The second kappa shape index (κ2) is 5.92. The molecule has 0 fully saturated rings. The molecule has 2 aromatic rings. The molecular formula is C13H15N5O. The Bertz CT molecular complexity index is 585. The van der Waals surface area contributed by atoms with Crippen molar-refractivity contribution in [1.29, 1.82) is 0 Å². The largest absolute Gasteiger partial charge is 0.345 e. The van der Waals surface area contributed by atoms with E-state index >= 15 is 0 Å². The molecule has 0 spiro atoms. The minimum absolute atomic E-state index is 0.262. The third kappa shape index (κ3) is 3.26. The van der Waals surface area contributed by atoms with Gasteiger partial charge in [0, 0.05) is 6.20 Å². The van der Waals surface area contributed by atoms with Crippen LogP contribution in [0.1, 0.15) is 21.7 Å². The monoisotopic (exact) mass is 257 g/mol. The van der Waals surface area contributed by atoms with Gasteiger partial charge in [-0.15, -0.1) is 0 Å². The first-order valence-electron chi connectivity index (χ1n) is 5.83. The summed E-state index contributed by atoms with van der Waals surface area (Å²) in [6, 6.07) is 8.83. The summed E-state index contributed by atoms with van der Waals surface area (Å²) < 4.78 is 0. The van der Waals surface area contributed by atoms with Gasteiger partial charge in [-0.1, -0.05) is 12.1 Å². The highest BCUT2D eigenvalue weighted by Crippen LogP contribution is 2.05.